The van der Waals surface area contributed by atoms with E-state index >= 15 is 0 Å². The molecular formula is C10H11ClO. The molecule has 0 radical (unpaired) electrons. The Kier molecular flexibility index (Phi) is 2.88. The third-order valence-corrected chi connectivity index (χ3v) is 2.25. The Labute approximate surface area is 77.4 Å². The largest absolute Gasteiger partial charge is 0.281 e. The Morgan fingerprint density at radius 1 is 1.33 bits per heavy atom. The number of carbonyl (C=O) groups is 1. The van der Waals surface area contributed by atoms with Crippen molar-refractivity contribution in [2.75, 3.05) is 0 Å². The van der Waals surface area contributed by atoms with E-state index in [1.54, 1.807) is 6.92 Å². The summed E-state index contributed by atoms with van der Waals surface area (Å²) in [5.74, 6) is -0.202. The van der Waals surface area contributed by atoms with Crippen molar-refractivity contribution in [1.29, 1.82) is 0 Å². The summed E-state index contributed by atoms with van der Waals surface area (Å²) in [6.07, 6.45) is 0. The lowest BCUT2D eigenvalue weighted by molar-refractivity contribution is -0.112. The monoisotopic (exact) mass is 182 g/mol. The molecule has 1 rings (SSSR count). The highest BCUT2D eigenvalue weighted by Crippen LogP contribution is 2.17. The van der Waals surface area contributed by atoms with Crippen molar-refractivity contribution in [3.05, 3.63) is 35.4 Å². The number of hydrogen-bond donors (Lipinski definition) is 0. The summed E-state index contributed by atoms with van der Waals surface area (Å²) in [5.41, 5.74) is 2.16. The minimum atomic E-state index is -0.307. The third kappa shape index (κ3) is 2.08. The van der Waals surface area contributed by atoms with E-state index in [1.165, 1.54) is 5.56 Å². The first kappa shape index (κ1) is 9.27. The zero-order chi connectivity index (χ0) is 9.14. The molecule has 0 aliphatic rings. The SMILES string of the molecule is Cc1ccc([C@H](C)C(=O)Cl)cc1. The molecule has 0 spiro atoms. The molecule has 0 fully saturated rings. The first-order valence-corrected chi connectivity index (χ1v) is 4.25. The van der Waals surface area contributed by atoms with Crippen LogP contribution in [-0.4, -0.2) is 5.24 Å². The summed E-state index contributed by atoms with van der Waals surface area (Å²) in [6.45, 7) is 3.82. The Hall–Kier alpha value is -0.820. The van der Waals surface area contributed by atoms with Crippen LogP contribution in [0.1, 0.15) is 24.0 Å². The van der Waals surface area contributed by atoms with Gasteiger partial charge >= 0.3 is 0 Å². The minimum absolute atomic E-state index is 0.202. The Balaban J connectivity index is 2.89. The average Bonchev–Trinajstić information content (AvgIpc) is 2.04. The second-order valence-electron chi connectivity index (χ2n) is 2.94. The van der Waals surface area contributed by atoms with Gasteiger partial charge in [0.2, 0.25) is 5.24 Å². The molecule has 1 nitrogen and oxygen atoms in total. The van der Waals surface area contributed by atoms with Crippen molar-refractivity contribution in [1.82, 2.24) is 0 Å². The first-order valence-electron chi connectivity index (χ1n) is 3.87. The van der Waals surface area contributed by atoms with Gasteiger partial charge in [-0.15, -0.1) is 0 Å². The Morgan fingerprint density at radius 2 is 1.83 bits per heavy atom. The standard InChI is InChI=1S/C10H11ClO/c1-7-3-5-9(6-4-7)8(2)10(11)12/h3-6,8H,1-2H3/t8-/m0/s1. The van der Waals surface area contributed by atoms with Gasteiger partial charge in [0.25, 0.3) is 0 Å². The molecule has 1 aromatic rings. The average molecular weight is 183 g/mol. The van der Waals surface area contributed by atoms with E-state index in [2.05, 4.69) is 0 Å². The molecular weight excluding hydrogens is 172 g/mol. The van der Waals surface area contributed by atoms with Gasteiger partial charge in [-0.3, -0.25) is 4.79 Å². The lowest BCUT2D eigenvalue weighted by Gasteiger charge is -2.05. The molecule has 64 valence electrons. The molecule has 1 aromatic carbocycles. The van der Waals surface area contributed by atoms with Crippen molar-refractivity contribution >= 4 is 16.8 Å². The van der Waals surface area contributed by atoms with Crippen LogP contribution in [0.2, 0.25) is 0 Å². The summed E-state index contributed by atoms with van der Waals surface area (Å²) in [5, 5.41) is -0.307. The summed E-state index contributed by atoms with van der Waals surface area (Å²) >= 11 is 5.36. The molecule has 0 bridgehead atoms. The predicted molar refractivity (Wildman–Crippen MR) is 50.5 cm³/mol. The van der Waals surface area contributed by atoms with Gasteiger partial charge in [-0.2, -0.15) is 0 Å². The quantitative estimate of drug-likeness (QED) is 0.643. The summed E-state index contributed by atoms with van der Waals surface area (Å²) in [7, 11) is 0. The highest BCUT2D eigenvalue weighted by atomic mass is 35.5. The van der Waals surface area contributed by atoms with Crippen molar-refractivity contribution < 1.29 is 4.79 Å². The number of rotatable bonds is 2. The van der Waals surface area contributed by atoms with E-state index in [1.807, 2.05) is 31.2 Å². The number of aryl methyl sites for hydroxylation is 1. The van der Waals surface area contributed by atoms with E-state index in [9.17, 15) is 4.79 Å². The topological polar surface area (TPSA) is 17.1 Å². The molecule has 0 aromatic heterocycles. The minimum Gasteiger partial charge on any atom is -0.281 e. The van der Waals surface area contributed by atoms with Crippen molar-refractivity contribution in [2.24, 2.45) is 0 Å². The molecule has 0 saturated heterocycles. The van der Waals surface area contributed by atoms with E-state index in [-0.39, 0.29) is 11.2 Å². The van der Waals surface area contributed by atoms with E-state index in [0.717, 1.165) is 5.56 Å². The molecule has 12 heavy (non-hydrogen) atoms. The number of carbonyl (C=O) groups excluding carboxylic acids is 1. The van der Waals surface area contributed by atoms with Crippen LogP contribution in [0.15, 0.2) is 24.3 Å². The summed E-state index contributed by atoms with van der Waals surface area (Å²) in [6, 6.07) is 7.82. The van der Waals surface area contributed by atoms with Gasteiger partial charge in [-0.25, -0.2) is 0 Å². The van der Waals surface area contributed by atoms with E-state index in [0.29, 0.717) is 0 Å². The molecule has 0 heterocycles. The van der Waals surface area contributed by atoms with Gasteiger partial charge in [0.05, 0.1) is 5.92 Å². The molecule has 0 aliphatic carbocycles. The highest BCUT2D eigenvalue weighted by Gasteiger charge is 2.11. The molecule has 1 atom stereocenters. The van der Waals surface area contributed by atoms with Gasteiger partial charge in [-0.1, -0.05) is 36.8 Å². The van der Waals surface area contributed by atoms with Gasteiger partial charge < -0.3 is 0 Å². The van der Waals surface area contributed by atoms with Crippen molar-refractivity contribution in [3.8, 4) is 0 Å². The molecule has 0 N–H and O–H groups in total. The first-order chi connectivity index (χ1) is 5.61. The van der Waals surface area contributed by atoms with Gasteiger partial charge in [0.15, 0.2) is 0 Å². The number of halogens is 1. The molecule has 0 amide bonds. The van der Waals surface area contributed by atoms with Crippen LogP contribution >= 0.6 is 11.6 Å². The van der Waals surface area contributed by atoms with Crippen LogP contribution in [-0.2, 0) is 4.79 Å². The zero-order valence-electron chi connectivity index (χ0n) is 7.17. The number of benzene rings is 1. The summed E-state index contributed by atoms with van der Waals surface area (Å²) < 4.78 is 0. The maximum Gasteiger partial charge on any atom is 0.228 e. The van der Waals surface area contributed by atoms with Gasteiger partial charge in [0.1, 0.15) is 0 Å². The van der Waals surface area contributed by atoms with Gasteiger partial charge in [-0.05, 0) is 24.1 Å². The van der Waals surface area contributed by atoms with Crippen molar-refractivity contribution in [2.45, 2.75) is 19.8 Å². The van der Waals surface area contributed by atoms with E-state index in [4.69, 9.17) is 11.6 Å². The Morgan fingerprint density at radius 3 is 2.25 bits per heavy atom. The third-order valence-electron chi connectivity index (χ3n) is 1.92. The van der Waals surface area contributed by atoms with Crippen LogP contribution in [0.25, 0.3) is 0 Å². The summed E-state index contributed by atoms with van der Waals surface area (Å²) in [4.78, 5) is 10.8. The van der Waals surface area contributed by atoms with Crippen molar-refractivity contribution in [3.63, 3.8) is 0 Å². The zero-order valence-corrected chi connectivity index (χ0v) is 7.93. The van der Waals surface area contributed by atoms with Crippen LogP contribution in [0.5, 0.6) is 0 Å². The molecule has 0 saturated carbocycles. The molecule has 0 unspecified atom stereocenters. The maximum absolute atomic E-state index is 10.8. The lowest BCUT2D eigenvalue weighted by atomic mass is 10.0. The smallest absolute Gasteiger partial charge is 0.228 e. The fourth-order valence-corrected chi connectivity index (χ4v) is 1.11. The fourth-order valence-electron chi connectivity index (χ4n) is 0.986. The van der Waals surface area contributed by atoms with Crippen LogP contribution in [0.3, 0.4) is 0 Å². The van der Waals surface area contributed by atoms with Crippen LogP contribution in [0.4, 0.5) is 0 Å². The molecule has 0 aliphatic heterocycles. The van der Waals surface area contributed by atoms with E-state index < -0.39 is 0 Å². The molecule has 2 heteroatoms. The second kappa shape index (κ2) is 3.72. The van der Waals surface area contributed by atoms with Crippen LogP contribution < -0.4 is 0 Å². The Bertz CT molecular complexity index is 276. The van der Waals surface area contributed by atoms with Gasteiger partial charge in [0, 0.05) is 0 Å². The van der Waals surface area contributed by atoms with Crippen LogP contribution in [0, 0.1) is 6.92 Å². The fraction of sp³-hybridized carbons (Fsp3) is 0.300. The second-order valence-corrected chi connectivity index (χ2v) is 3.31. The lowest BCUT2D eigenvalue weighted by Crippen LogP contribution is -2.01. The normalized spacial score (nSPS) is 12.6. The maximum atomic E-state index is 10.8. The number of hydrogen-bond acceptors (Lipinski definition) is 1. The predicted octanol–water partition coefficient (Wildman–Crippen LogP) is 2.86. The highest BCUT2D eigenvalue weighted by molar-refractivity contribution is 6.64.